The van der Waals surface area contributed by atoms with Gasteiger partial charge in [0.05, 0.1) is 16.1 Å². The third-order valence-electron chi connectivity index (χ3n) is 7.06. The second-order valence-corrected chi connectivity index (χ2v) is 14.9. The van der Waals surface area contributed by atoms with Gasteiger partial charge in [-0.05, 0) is 57.9 Å². The predicted octanol–water partition coefficient (Wildman–Crippen LogP) is 6.80. The first-order valence-electron chi connectivity index (χ1n) is 14.4. The minimum Gasteiger partial charge on any atom is -0.444 e. The summed E-state index contributed by atoms with van der Waals surface area (Å²) in [5, 5.41) is 2.98. The van der Waals surface area contributed by atoms with E-state index in [1.807, 2.05) is 0 Å². The van der Waals surface area contributed by atoms with Crippen LogP contribution in [0.3, 0.4) is 0 Å². The van der Waals surface area contributed by atoms with Gasteiger partial charge < -0.3 is 15.0 Å². The lowest BCUT2D eigenvalue weighted by Gasteiger charge is -2.34. The number of carbonyl (C=O) groups excluding carboxylic acids is 2. The summed E-state index contributed by atoms with van der Waals surface area (Å²) >= 11 is 0.868. The first-order valence-corrected chi connectivity index (χ1v) is 16.6. The van der Waals surface area contributed by atoms with Gasteiger partial charge in [0, 0.05) is 54.3 Å². The summed E-state index contributed by atoms with van der Waals surface area (Å²) in [6.07, 6.45) is -2.37. The van der Waals surface area contributed by atoms with Crippen molar-refractivity contribution in [2.24, 2.45) is 0 Å². The van der Waals surface area contributed by atoms with Crippen molar-refractivity contribution in [2.45, 2.75) is 68.1 Å². The lowest BCUT2D eigenvalue weighted by atomic mass is 10.1. The molecule has 1 fully saturated rings. The first kappa shape index (κ1) is 33.3. The third-order valence-corrected chi connectivity index (χ3v) is 9.53. The SMILES string of the molecule is CC(=O)Sc1ccc2c(-c3nc(N[C@H]4CCCN(C(=O)OC(C)(C)C)C4)ncc3C(F)(F)F)cn(S(=O)(=O)c3ccccc3)c2c1. The molecule has 0 aliphatic carbocycles. The molecule has 0 saturated carbocycles. The Balaban J connectivity index is 1.60. The van der Waals surface area contributed by atoms with Crippen molar-refractivity contribution in [1.29, 1.82) is 0 Å². The summed E-state index contributed by atoms with van der Waals surface area (Å²) in [6, 6.07) is 11.6. The Bertz CT molecular complexity index is 1890. The van der Waals surface area contributed by atoms with Crippen LogP contribution in [-0.4, -0.2) is 63.2 Å². The lowest BCUT2D eigenvalue weighted by Crippen LogP contribution is -2.47. The number of fused-ring (bicyclic) bond motifs is 1. The average Bonchev–Trinajstić information content (AvgIpc) is 3.35. The molecule has 1 aliphatic rings. The average molecular weight is 676 g/mol. The van der Waals surface area contributed by atoms with Gasteiger partial charge in [-0.25, -0.2) is 27.2 Å². The van der Waals surface area contributed by atoms with E-state index in [-0.39, 0.29) is 45.0 Å². The monoisotopic (exact) mass is 675 g/mol. The van der Waals surface area contributed by atoms with Gasteiger partial charge >= 0.3 is 12.3 Å². The van der Waals surface area contributed by atoms with Gasteiger partial charge in [-0.1, -0.05) is 36.0 Å². The summed E-state index contributed by atoms with van der Waals surface area (Å²) in [4.78, 5) is 34.6. The summed E-state index contributed by atoms with van der Waals surface area (Å²) in [7, 11) is -4.27. The zero-order valence-electron chi connectivity index (χ0n) is 25.5. The maximum absolute atomic E-state index is 14.4. The summed E-state index contributed by atoms with van der Waals surface area (Å²) in [6.45, 7) is 7.31. The van der Waals surface area contributed by atoms with E-state index in [4.69, 9.17) is 4.74 Å². The van der Waals surface area contributed by atoms with Crippen molar-refractivity contribution in [3.05, 3.63) is 66.5 Å². The van der Waals surface area contributed by atoms with Crippen molar-refractivity contribution in [3.63, 3.8) is 0 Å². The molecule has 0 bridgehead atoms. The zero-order chi connectivity index (χ0) is 33.4. The number of benzene rings is 2. The van der Waals surface area contributed by atoms with Crippen LogP contribution in [0.1, 0.15) is 46.1 Å². The van der Waals surface area contributed by atoms with Crippen LogP contribution in [-0.2, 0) is 25.7 Å². The fourth-order valence-corrected chi connectivity index (χ4v) is 7.16. The second kappa shape index (κ2) is 12.6. The number of amides is 1. The predicted molar refractivity (Wildman–Crippen MR) is 168 cm³/mol. The summed E-state index contributed by atoms with van der Waals surface area (Å²) in [5.41, 5.74) is -2.39. The van der Waals surface area contributed by atoms with Crippen LogP contribution in [0, 0.1) is 0 Å². The van der Waals surface area contributed by atoms with Crippen LogP contribution in [0.25, 0.3) is 22.2 Å². The van der Waals surface area contributed by atoms with E-state index in [1.165, 1.54) is 54.3 Å². The van der Waals surface area contributed by atoms with Crippen molar-refractivity contribution in [2.75, 3.05) is 18.4 Å². The number of nitrogens with zero attached hydrogens (tertiary/aromatic N) is 4. The van der Waals surface area contributed by atoms with Gasteiger partial charge in [-0.3, -0.25) is 4.79 Å². The minimum atomic E-state index is -4.87. The van der Waals surface area contributed by atoms with E-state index < -0.39 is 39.2 Å². The number of thioether (sulfide) groups is 1. The molecular weight excluding hydrogens is 643 g/mol. The molecule has 3 heterocycles. The molecule has 0 radical (unpaired) electrons. The van der Waals surface area contributed by atoms with E-state index >= 15 is 0 Å². The molecule has 4 aromatic rings. The van der Waals surface area contributed by atoms with E-state index in [9.17, 15) is 31.2 Å². The number of carbonyl (C=O) groups is 2. The number of anilines is 1. The molecule has 1 aliphatic heterocycles. The number of ether oxygens (including phenoxy) is 1. The molecule has 2 aromatic carbocycles. The Labute approximate surface area is 268 Å². The molecule has 10 nitrogen and oxygen atoms in total. The third kappa shape index (κ3) is 7.30. The highest BCUT2D eigenvalue weighted by atomic mass is 32.2. The molecule has 2 aromatic heterocycles. The van der Waals surface area contributed by atoms with Gasteiger partial charge in [0.1, 0.15) is 11.2 Å². The van der Waals surface area contributed by atoms with Gasteiger partial charge in [0.15, 0.2) is 5.12 Å². The molecule has 15 heteroatoms. The molecule has 1 amide bonds. The Kier molecular flexibility index (Phi) is 9.10. The standard InChI is InChI=1S/C31H32F3N5O5S2/c1-19(40)45-21-12-13-23-24(18-39(26(23)15-21)46(42,43)22-10-6-5-7-11-22)27-25(31(32,33)34)16-35-28(37-27)36-20-9-8-14-38(17-20)29(41)44-30(2,3)4/h5-7,10-13,15-16,18,20H,8-9,14,17H2,1-4H3,(H,35,36,37)/t20-/m0/s1. The highest BCUT2D eigenvalue weighted by Crippen LogP contribution is 2.41. The Morgan fingerprint density at radius 2 is 1.80 bits per heavy atom. The molecule has 5 rings (SSSR count). The van der Waals surface area contributed by atoms with Gasteiger partial charge in [0.2, 0.25) is 5.95 Å². The van der Waals surface area contributed by atoms with Crippen LogP contribution in [0.15, 0.2) is 70.7 Å². The molecule has 1 N–H and O–H groups in total. The number of nitrogens with one attached hydrogen (secondary N) is 1. The Morgan fingerprint density at radius 1 is 1.09 bits per heavy atom. The van der Waals surface area contributed by atoms with Crippen molar-refractivity contribution in [1.82, 2.24) is 18.8 Å². The van der Waals surface area contributed by atoms with E-state index in [2.05, 4.69) is 15.3 Å². The Morgan fingerprint density at radius 3 is 2.46 bits per heavy atom. The number of piperidine rings is 1. The number of aromatic nitrogens is 3. The number of likely N-dealkylation sites (tertiary alicyclic amines) is 1. The topological polar surface area (TPSA) is 123 Å². The van der Waals surface area contributed by atoms with E-state index in [0.717, 1.165) is 21.9 Å². The number of hydrogen-bond acceptors (Lipinski definition) is 9. The van der Waals surface area contributed by atoms with Gasteiger partial charge in [-0.2, -0.15) is 13.2 Å². The van der Waals surface area contributed by atoms with Gasteiger partial charge in [0.25, 0.3) is 10.0 Å². The Hall–Kier alpha value is -4.11. The van der Waals surface area contributed by atoms with Crippen molar-refractivity contribution in [3.8, 4) is 11.3 Å². The number of rotatable bonds is 6. The molecule has 244 valence electrons. The highest BCUT2D eigenvalue weighted by Gasteiger charge is 2.37. The normalized spacial score (nSPS) is 16.0. The molecule has 0 unspecified atom stereocenters. The second-order valence-electron chi connectivity index (χ2n) is 11.8. The van der Waals surface area contributed by atoms with Crippen LogP contribution in [0.2, 0.25) is 0 Å². The number of hydrogen-bond donors (Lipinski definition) is 1. The summed E-state index contributed by atoms with van der Waals surface area (Å²) < 4.78 is 77.1. The van der Waals surface area contributed by atoms with E-state index in [1.54, 1.807) is 26.8 Å². The smallest absolute Gasteiger partial charge is 0.419 e. The molecular formula is C31H32F3N5O5S2. The largest absolute Gasteiger partial charge is 0.444 e. The minimum absolute atomic E-state index is 0.0731. The van der Waals surface area contributed by atoms with Gasteiger partial charge in [-0.15, -0.1) is 0 Å². The van der Waals surface area contributed by atoms with Crippen LogP contribution in [0.4, 0.5) is 23.9 Å². The maximum atomic E-state index is 14.4. The van der Waals surface area contributed by atoms with Crippen molar-refractivity contribution >= 4 is 49.8 Å². The van der Waals surface area contributed by atoms with Crippen LogP contribution >= 0.6 is 11.8 Å². The quantitative estimate of drug-likeness (QED) is 0.220. The fourth-order valence-electron chi connectivity index (χ4n) is 5.13. The van der Waals surface area contributed by atoms with Crippen LogP contribution < -0.4 is 5.32 Å². The molecule has 0 spiro atoms. The number of halogens is 3. The van der Waals surface area contributed by atoms with Crippen LogP contribution in [0.5, 0.6) is 0 Å². The number of alkyl halides is 3. The zero-order valence-corrected chi connectivity index (χ0v) is 27.1. The molecule has 46 heavy (non-hydrogen) atoms. The maximum Gasteiger partial charge on any atom is 0.419 e. The summed E-state index contributed by atoms with van der Waals surface area (Å²) in [5.74, 6) is -0.116. The van der Waals surface area contributed by atoms with E-state index in [0.29, 0.717) is 30.5 Å². The first-order chi connectivity index (χ1) is 21.5. The lowest BCUT2D eigenvalue weighted by molar-refractivity contribution is -0.137. The highest BCUT2D eigenvalue weighted by molar-refractivity contribution is 8.13. The molecule has 1 saturated heterocycles. The molecule has 1 atom stereocenters. The van der Waals surface area contributed by atoms with Crippen molar-refractivity contribution < 1.29 is 35.9 Å². The fraction of sp³-hybridized carbons (Fsp3) is 0.355.